The summed E-state index contributed by atoms with van der Waals surface area (Å²) in [6, 6.07) is 13.7. The minimum Gasteiger partial charge on any atom is -0.508 e. The molecule has 0 aromatic heterocycles. The number of fused-ring (bicyclic) bond motifs is 1. The van der Waals surface area contributed by atoms with E-state index in [0.717, 1.165) is 24.3 Å². The molecule has 0 saturated carbocycles. The Bertz CT molecular complexity index is 610. The molecule has 3 rings (SSSR count). The summed E-state index contributed by atoms with van der Waals surface area (Å²) >= 11 is 0. The number of hydrogen-bond donors (Lipinski definition) is 2. The monoisotopic (exact) mass is 269 g/mol. The molecular weight excluding hydrogens is 250 g/mol. The number of phenolic OH excluding ortho intramolecular Hbond substituents is 1. The number of nitrogens with one attached hydrogen (secondary N) is 1. The van der Waals surface area contributed by atoms with Crippen LogP contribution in [0.25, 0.3) is 0 Å². The maximum Gasteiger partial charge on any atom is 0.123 e. The second kappa shape index (κ2) is 5.55. The zero-order valence-electron chi connectivity index (χ0n) is 11.6. The number of phenols is 1. The van der Waals surface area contributed by atoms with Gasteiger partial charge in [0.15, 0.2) is 0 Å². The molecule has 20 heavy (non-hydrogen) atoms. The van der Waals surface area contributed by atoms with E-state index >= 15 is 0 Å². The van der Waals surface area contributed by atoms with Gasteiger partial charge in [-0.3, -0.25) is 0 Å². The molecule has 2 aromatic carbocycles. The Morgan fingerprint density at radius 2 is 2.10 bits per heavy atom. The minimum atomic E-state index is 0.178. The number of para-hydroxylation sites is 1. The van der Waals surface area contributed by atoms with Gasteiger partial charge in [-0.15, -0.1) is 0 Å². The fourth-order valence-corrected chi connectivity index (χ4v) is 2.59. The van der Waals surface area contributed by atoms with E-state index < -0.39 is 0 Å². The number of hydrogen-bond acceptors (Lipinski definition) is 3. The Morgan fingerprint density at radius 3 is 2.95 bits per heavy atom. The molecule has 1 heterocycles. The summed E-state index contributed by atoms with van der Waals surface area (Å²) < 4.78 is 5.91. The molecule has 1 aliphatic rings. The van der Waals surface area contributed by atoms with Crippen LogP contribution in [0.3, 0.4) is 0 Å². The van der Waals surface area contributed by atoms with Crippen LogP contribution in [0.15, 0.2) is 42.5 Å². The molecule has 0 spiro atoms. The Hall–Kier alpha value is -2.00. The van der Waals surface area contributed by atoms with Crippen molar-refractivity contribution in [3.05, 3.63) is 59.2 Å². The van der Waals surface area contributed by atoms with Crippen molar-refractivity contribution in [2.45, 2.75) is 26.0 Å². The van der Waals surface area contributed by atoms with Crippen molar-refractivity contribution < 1.29 is 9.84 Å². The van der Waals surface area contributed by atoms with Gasteiger partial charge in [-0.2, -0.15) is 0 Å². The van der Waals surface area contributed by atoms with Crippen LogP contribution in [0.4, 0.5) is 0 Å². The Kier molecular flexibility index (Phi) is 3.61. The quantitative estimate of drug-likeness (QED) is 0.896. The van der Waals surface area contributed by atoms with Crippen molar-refractivity contribution in [3.8, 4) is 11.5 Å². The average Bonchev–Trinajstić information content (AvgIpc) is 2.83. The van der Waals surface area contributed by atoms with Gasteiger partial charge in [0, 0.05) is 25.1 Å². The van der Waals surface area contributed by atoms with Crippen molar-refractivity contribution >= 4 is 0 Å². The van der Waals surface area contributed by atoms with Gasteiger partial charge in [0.25, 0.3) is 0 Å². The van der Waals surface area contributed by atoms with Gasteiger partial charge in [0.05, 0.1) is 0 Å². The van der Waals surface area contributed by atoms with Gasteiger partial charge in [0.2, 0.25) is 0 Å². The topological polar surface area (TPSA) is 41.5 Å². The highest BCUT2D eigenvalue weighted by Gasteiger charge is 2.22. The van der Waals surface area contributed by atoms with Gasteiger partial charge in [0.1, 0.15) is 17.6 Å². The van der Waals surface area contributed by atoms with Gasteiger partial charge < -0.3 is 15.2 Å². The predicted octanol–water partition coefficient (Wildman–Crippen LogP) is 2.79. The summed E-state index contributed by atoms with van der Waals surface area (Å²) in [6.45, 7) is 3.54. The van der Waals surface area contributed by atoms with Crippen molar-refractivity contribution in [3.63, 3.8) is 0 Å². The number of aryl methyl sites for hydroxylation is 1. The third kappa shape index (κ3) is 2.78. The molecule has 0 fully saturated rings. The Labute approximate surface area is 119 Å². The normalized spacial score (nSPS) is 16.8. The maximum absolute atomic E-state index is 9.70. The number of benzene rings is 2. The summed E-state index contributed by atoms with van der Waals surface area (Å²) in [5.41, 5.74) is 3.48. The number of aromatic hydroxyl groups is 1. The van der Waals surface area contributed by atoms with Crippen LogP contribution in [0, 0.1) is 6.92 Å². The molecule has 3 heteroatoms. The van der Waals surface area contributed by atoms with E-state index in [2.05, 4.69) is 24.4 Å². The largest absolute Gasteiger partial charge is 0.508 e. The van der Waals surface area contributed by atoms with Crippen molar-refractivity contribution in [1.82, 2.24) is 5.32 Å². The lowest BCUT2D eigenvalue weighted by Crippen LogP contribution is -2.29. The predicted molar refractivity (Wildman–Crippen MR) is 79.1 cm³/mol. The van der Waals surface area contributed by atoms with E-state index in [0.29, 0.717) is 12.3 Å². The highest BCUT2D eigenvalue weighted by Crippen LogP contribution is 2.29. The van der Waals surface area contributed by atoms with Crippen molar-refractivity contribution in [1.29, 1.82) is 0 Å². The molecule has 104 valence electrons. The highest BCUT2D eigenvalue weighted by molar-refractivity contribution is 5.40. The molecule has 0 saturated heterocycles. The first-order valence-corrected chi connectivity index (χ1v) is 6.96. The van der Waals surface area contributed by atoms with Crippen LogP contribution in [-0.2, 0) is 13.0 Å². The van der Waals surface area contributed by atoms with E-state index in [-0.39, 0.29) is 6.10 Å². The van der Waals surface area contributed by atoms with E-state index in [4.69, 9.17) is 4.74 Å². The molecule has 1 unspecified atom stereocenters. The molecule has 2 N–H and O–H groups in total. The lowest BCUT2D eigenvalue weighted by atomic mass is 10.1. The van der Waals surface area contributed by atoms with Gasteiger partial charge in [-0.25, -0.2) is 0 Å². The van der Waals surface area contributed by atoms with Crippen LogP contribution in [0.5, 0.6) is 11.5 Å². The summed E-state index contributed by atoms with van der Waals surface area (Å²) in [5.74, 6) is 1.34. The molecule has 0 radical (unpaired) electrons. The van der Waals surface area contributed by atoms with Crippen LogP contribution in [0.2, 0.25) is 0 Å². The molecule has 0 aliphatic carbocycles. The van der Waals surface area contributed by atoms with Gasteiger partial charge in [-0.1, -0.05) is 35.9 Å². The average molecular weight is 269 g/mol. The zero-order valence-corrected chi connectivity index (χ0v) is 11.6. The summed E-state index contributed by atoms with van der Waals surface area (Å²) in [7, 11) is 0. The summed E-state index contributed by atoms with van der Waals surface area (Å²) in [4.78, 5) is 0. The zero-order chi connectivity index (χ0) is 13.9. The molecular formula is C17H19NO2. The lowest BCUT2D eigenvalue weighted by molar-refractivity contribution is 0.227. The SMILES string of the molecule is Cc1ccc2c(c1)CC(CNCc1ccccc1O)O2. The first kappa shape index (κ1) is 13.0. The summed E-state index contributed by atoms with van der Waals surface area (Å²) in [6.07, 6.45) is 1.13. The number of rotatable bonds is 4. The third-order valence-corrected chi connectivity index (χ3v) is 3.64. The second-order valence-corrected chi connectivity index (χ2v) is 5.31. The molecule has 3 nitrogen and oxygen atoms in total. The van der Waals surface area contributed by atoms with E-state index in [1.165, 1.54) is 11.1 Å². The number of ether oxygens (including phenoxy) is 1. The molecule has 1 atom stereocenters. The maximum atomic E-state index is 9.70. The smallest absolute Gasteiger partial charge is 0.123 e. The lowest BCUT2D eigenvalue weighted by Gasteiger charge is -2.12. The van der Waals surface area contributed by atoms with Crippen LogP contribution < -0.4 is 10.1 Å². The third-order valence-electron chi connectivity index (χ3n) is 3.64. The Balaban J connectivity index is 1.53. The minimum absolute atomic E-state index is 0.178. The van der Waals surface area contributed by atoms with Gasteiger partial charge in [-0.05, 0) is 24.6 Å². The van der Waals surface area contributed by atoms with Gasteiger partial charge >= 0.3 is 0 Å². The van der Waals surface area contributed by atoms with Crippen LogP contribution in [0.1, 0.15) is 16.7 Å². The molecule has 0 amide bonds. The molecule has 1 aliphatic heterocycles. The van der Waals surface area contributed by atoms with Crippen molar-refractivity contribution in [2.24, 2.45) is 0 Å². The molecule has 0 bridgehead atoms. The van der Waals surface area contributed by atoms with Crippen molar-refractivity contribution in [2.75, 3.05) is 6.54 Å². The fraction of sp³-hybridized carbons (Fsp3) is 0.294. The fourth-order valence-electron chi connectivity index (χ4n) is 2.59. The standard InChI is InChI=1S/C17H19NO2/c1-12-6-7-17-14(8-12)9-15(20-17)11-18-10-13-4-2-3-5-16(13)19/h2-8,15,18-19H,9-11H2,1H3. The first-order chi connectivity index (χ1) is 9.72. The van der Waals surface area contributed by atoms with Crippen LogP contribution in [-0.4, -0.2) is 17.8 Å². The second-order valence-electron chi connectivity index (χ2n) is 5.31. The van der Waals surface area contributed by atoms with E-state index in [1.54, 1.807) is 6.07 Å². The highest BCUT2D eigenvalue weighted by atomic mass is 16.5. The Morgan fingerprint density at radius 1 is 1.25 bits per heavy atom. The molecule has 2 aromatic rings. The van der Waals surface area contributed by atoms with Crippen LogP contribution >= 0.6 is 0 Å². The first-order valence-electron chi connectivity index (χ1n) is 6.96. The van der Waals surface area contributed by atoms with E-state index in [1.807, 2.05) is 24.3 Å². The van der Waals surface area contributed by atoms with E-state index in [9.17, 15) is 5.11 Å². The summed E-state index contributed by atoms with van der Waals surface area (Å²) in [5, 5.41) is 13.1.